The molecule has 1 N–H and O–H groups in total. The van der Waals surface area contributed by atoms with Gasteiger partial charge in [-0.3, -0.25) is 9.69 Å². The summed E-state index contributed by atoms with van der Waals surface area (Å²) >= 11 is 0. The first-order valence-electron chi connectivity index (χ1n) is 8.02. The number of imide groups is 1. The number of rotatable bonds is 2. The molecule has 0 aromatic carbocycles. The molecule has 2 aliphatic heterocycles. The van der Waals surface area contributed by atoms with Crippen LogP contribution in [-0.4, -0.2) is 59.2 Å². The van der Waals surface area contributed by atoms with Crippen LogP contribution in [0, 0.1) is 0 Å². The SMILES string of the molecule is C[C@@H]1CN(CN2C(=O)NC3(CCCCC3)C2=O)C[C@@H](C)O1. The van der Waals surface area contributed by atoms with Crippen LogP contribution in [0.4, 0.5) is 4.79 Å². The summed E-state index contributed by atoms with van der Waals surface area (Å²) in [5.74, 6) is -0.0287. The van der Waals surface area contributed by atoms with Gasteiger partial charge in [0.2, 0.25) is 0 Å². The van der Waals surface area contributed by atoms with Crippen LogP contribution in [0.5, 0.6) is 0 Å². The van der Waals surface area contributed by atoms with E-state index in [1.807, 2.05) is 13.8 Å². The normalized spacial score (nSPS) is 33.5. The second-order valence-electron chi connectivity index (χ2n) is 6.74. The Hall–Kier alpha value is -1.14. The molecule has 0 unspecified atom stereocenters. The molecule has 0 bridgehead atoms. The van der Waals surface area contributed by atoms with Crippen LogP contribution in [0.1, 0.15) is 46.0 Å². The van der Waals surface area contributed by atoms with Crippen molar-refractivity contribution in [2.24, 2.45) is 0 Å². The molecule has 0 aromatic rings. The summed E-state index contributed by atoms with van der Waals surface area (Å²) in [7, 11) is 0. The molecular formula is C15H25N3O3. The summed E-state index contributed by atoms with van der Waals surface area (Å²) in [6.07, 6.45) is 5.03. The quantitative estimate of drug-likeness (QED) is 0.780. The summed E-state index contributed by atoms with van der Waals surface area (Å²) in [5, 5.41) is 2.96. The number of nitrogens with zero attached hydrogens (tertiary/aromatic N) is 2. The molecule has 2 atom stereocenters. The lowest BCUT2D eigenvalue weighted by Gasteiger charge is -2.37. The van der Waals surface area contributed by atoms with Crippen molar-refractivity contribution < 1.29 is 14.3 Å². The molecule has 2 heterocycles. The predicted octanol–water partition coefficient (Wildman–Crippen LogP) is 1.31. The lowest BCUT2D eigenvalue weighted by molar-refractivity contribution is -0.136. The Kier molecular flexibility index (Phi) is 3.92. The van der Waals surface area contributed by atoms with Gasteiger partial charge in [-0.05, 0) is 26.7 Å². The molecule has 3 aliphatic rings. The van der Waals surface area contributed by atoms with E-state index in [4.69, 9.17) is 4.74 Å². The summed E-state index contributed by atoms with van der Waals surface area (Å²) in [6, 6.07) is -0.228. The highest BCUT2D eigenvalue weighted by Gasteiger charge is 2.51. The zero-order valence-electron chi connectivity index (χ0n) is 12.9. The van der Waals surface area contributed by atoms with Gasteiger partial charge in [-0.15, -0.1) is 0 Å². The van der Waals surface area contributed by atoms with E-state index in [0.717, 1.165) is 45.2 Å². The number of nitrogens with one attached hydrogen (secondary N) is 1. The molecule has 3 fully saturated rings. The largest absolute Gasteiger partial charge is 0.373 e. The smallest absolute Gasteiger partial charge is 0.326 e. The van der Waals surface area contributed by atoms with Crippen molar-refractivity contribution >= 4 is 11.9 Å². The van der Waals surface area contributed by atoms with Crippen molar-refractivity contribution in [1.82, 2.24) is 15.1 Å². The van der Waals surface area contributed by atoms with Crippen LogP contribution in [0.15, 0.2) is 0 Å². The standard InChI is InChI=1S/C15H25N3O3/c1-11-8-17(9-12(2)21-11)10-18-13(19)15(16-14(18)20)6-4-3-5-7-15/h11-12H,3-10H2,1-2H3,(H,16,20)/t11-,12-/m1/s1. The number of urea groups is 1. The highest BCUT2D eigenvalue weighted by Crippen LogP contribution is 2.33. The van der Waals surface area contributed by atoms with E-state index in [9.17, 15) is 9.59 Å². The number of hydrogen-bond acceptors (Lipinski definition) is 4. The first-order chi connectivity index (χ1) is 10.00. The minimum atomic E-state index is -0.612. The number of ether oxygens (including phenoxy) is 1. The van der Waals surface area contributed by atoms with Gasteiger partial charge >= 0.3 is 6.03 Å². The van der Waals surface area contributed by atoms with Crippen molar-refractivity contribution in [2.75, 3.05) is 19.8 Å². The molecule has 6 heteroatoms. The Morgan fingerprint density at radius 3 is 2.38 bits per heavy atom. The van der Waals surface area contributed by atoms with Gasteiger partial charge in [-0.1, -0.05) is 19.3 Å². The zero-order chi connectivity index (χ0) is 15.0. The molecule has 0 radical (unpaired) electrons. The maximum atomic E-state index is 12.7. The fourth-order valence-corrected chi connectivity index (χ4v) is 3.90. The number of carbonyl (C=O) groups is 2. The van der Waals surface area contributed by atoms with Gasteiger partial charge in [0, 0.05) is 13.1 Å². The summed E-state index contributed by atoms with van der Waals surface area (Å²) in [4.78, 5) is 28.5. The molecule has 1 saturated carbocycles. The fraction of sp³-hybridized carbons (Fsp3) is 0.867. The van der Waals surface area contributed by atoms with Crippen molar-refractivity contribution in [2.45, 2.75) is 63.7 Å². The monoisotopic (exact) mass is 295 g/mol. The molecule has 3 amide bonds. The number of hydrogen-bond donors (Lipinski definition) is 1. The predicted molar refractivity (Wildman–Crippen MR) is 77.6 cm³/mol. The van der Waals surface area contributed by atoms with Gasteiger partial charge in [0.1, 0.15) is 5.54 Å². The maximum Gasteiger partial charge on any atom is 0.326 e. The maximum absolute atomic E-state index is 12.7. The zero-order valence-corrected chi connectivity index (χ0v) is 12.9. The number of carbonyl (C=O) groups excluding carboxylic acids is 2. The minimum Gasteiger partial charge on any atom is -0.373 e. The fourth-order valence-electron chi connectivity index (χ4n) is 3.90. The molecule has 1 aliphatic carbocycles. The van der Waals surface area contributed by atoms with Gasteiger partial charge in [-0.2, -0.15) is 0 Å². The van der Waals surface area contributed by atoms with E-state index >= 15 is 0 Å². The van der Waals surface area contributed by atoms with Crippen LogP contribution >= 0.6 is 0 Å². The topological polar surface area (TPSA) is 61.9 Å². The van der Waals surface area contributed by atoms with Gasteiger partial charge < -0.3 is 10.1 Å². The van der Waals surface area contributed by atoms with Gasteiger partial charge in [-0.25, -0.2) is 9.69 Å². The molecule has 118 valence electrons. The molecule has 2 saturated heterocycles. The first-order valence-corrected chi connectivity index (χ1v) is 8.02. The van der Waals surface area contributed by atoms with E-state index < -0.39 is 5.54 Å². The lowest BCUT2D eigenvalue weighted by Crippen LogP contribution is -2.52. The second-order valence-corrected chi connectivity index (χ2v) is 6.74. The first kappa shape index (κ1) is 14.8. The highest BCUT2D eigenvalue weighted by atomic mass is 16.5. The summed E-state index contributed by atoms with van der Waals surface area (Å²) in [6.45, 7) is 5.95. The van der Waals surface area contributed by atoms with Crippen LogP contribution in [0.2, 0.25) is 0 Å². The molecule has 1 spiro atoms. The van der Waals surface area contributed by atoms with E-state index in [-0.39, 0.29) is 24.1 Å². The van der Waals surface area contributed by atoms with Gasteiger partial charge in [0.05, 0.1) is 18.9 Å². The minimum absolute atomic E-state index is 0.0287. The van der Waals surface area contributed by atoms with E-state index in [1.54, 1.807) is 0 Å². The highest BCUT2D eigenvalue weighted by molar-refractivity contribution is 6.07. The molecule has 0 aromatic heterocycles. The van der Waals surface area contributed by atoms with Crippen LogP contribution in [0.3, 0.4) is 0 Å². The Labute approximate surface area is 125 Å². The number of morpholine rings is 1. The average Bonchev–Trinajstić information content (AvgIpc) is 2.63. The van der Waals surface area contributed by atoms with Crippen LogP contribution in [-0.2, 0) is 9.53 Å². The van der Waals surface area contributed by atoms with Crippen molar-refractivity contribution in [3.8, 4) is 0 Å². The summed E-state index contributed by atoms with van der Waals surface area (Å²) < 4.78 is 5.70. The van der Waals surface area contributed by atoms with E-state index in [0.29, 0.717) is 6.67 Å². The molecule has 21 heavy (non-hydrogen) atoms. The third kappa shape index (κ3) is 2.79. The van der Waals surface area contributed by atoms with Crippen LogP contribution < -0.4 is 5.32 Å². The van der Waals surface area contributed by atoms with Crippen LogP contribution in [0.25, 0.3) is 0 Å². The molecular weight excluding hydrogens is 270 g/mol. The Balaban J connectivity index is 1.68. The lowest BCUT2D eigenvalue weighted by atomic mass is 9.82. The third-order valence-corrected chi connectivity index (χ3v) is 4.79. The van der Waals surface area contributed by atoms with Crippen molar-refractivity contribution in [3.63, 3.8) is 0 Å². The molecule has 6 nitrogen and oxygen atoms in total. The van der Waals surface area contributed by atoms with Gasteiger partial charge in [0.25, 0.3) is 5.91 Å². The second kappa shape index (κ2) is 5.57. The van der Waals surface area contributed by atoms with Gasteiger partial charge in [0.15, 0.2) is 0 Å². The average molecular weight is 295 g/mol. The van der Waals surface area contributed by atoms with E-state index in [2.05, 4.69) is 10.2 Å². The molecule has 3 rings (SSSR count). The van der Waals surface area contributed by atoms with E-state index in [1.165, 1.54) is 4.90 Å². The number of amides is 3. The van der Waals surface area contributed by atoms with Crippen molar-refractivity contribution in [1.29, 1.82) is 0 Å². The third-order valence-electron chi connectivity index (χ3n) is 4.79. The van der Waals surface area contributed by atoms with Crippen molar-refractivity contribution in [3.05, 3.63) is 0 Å². The summed E-state index contributed by atoms with van der Waals surface area (Å²) in [5.41, 5.74) is -0.612. The Morgan fingerprint density at radius 1 is 1.14 bits per heavy atom. The Morgan fingerprint density at radius 2 is 1.76 bits per heavy atom. The Bertz CT molecular complexity index is 424.